The van der Waals surface area contributed by atoms with E-state index in [9.17, 15) is 0 Å². The number of rotatable bonds is 3. The molecule has 0 radical (unpaired) electrons. The first-order chi connectivity index (χ1) is 12.9. The fourth-order valence-corrected chi connectivity index (χ4v) is 24.5. The van der Waals surface area contributed by atoms with Gasteiger partial charge in [0, 0.05) is 0 Å². The van der Waals surface area contributed by atoms with E-state index in [0.717, 1.165) is 0 Å². The summed E-state index contributed by atoms with van der Waals surface area (Å²) in [6.45, 7) is 14.7. The molecule has 0 saturated heterocycles. The molecule has 1 nitrogen and oxygen atoms in total. The molecule has 0 fully saturated rings. The number of hydrogen-bond donors (Lipinski definition) is 0. The van der Waals surface area contributed by atoms with Gasteiger partial charge >= 0.3 is 172 Å². The second kappa shape index (κ2) is 9.69. The van der Waals surface area contributed by atoms with Gasteiger partial charge in [-0.25, -0.2) is 0 Å². The van der Waals surface area contributed by atoms with Crippen molar-refractivity contribution in [2.75, 3.05) is 0 Å². The van der Waals surface area contributed by atoms with E-state index in [1.54, 1.807) is 28.5 Å². The number of fused-ring (bicyclic) bond motifs is 1. The smallest absolute Gasteiger partial charge is 0.147 e. The number of halogens is 2. The fourth-order valence-electron chi connectivity index (χ4n) is 4.81. The van der Waals surface area contributed by atoms with Crippen molar-refractivity contribution in [3.63, 3.8) is 0 Å². The Morgan fingerprint density at radius 2 is 1.66 bits per heavy atom. The topological polar surface area (TPSA) is 13.1 Å². The standard InChI is InChI=1S/C13H9O.C9H13.C2H6Si.2ClH.Zr/c1-2-4-12-10(3-1)5-6-13(12)11-7-8-14-9-11;1-6-5-7(2)9(4)8(6)3;1-3-2;;;/h1-9H;6H,1-4H3;1-2H3;2*1H;. The zero-order chi connectivity index (χ0) is 19.3. The molecule has 29 heavy (non-hydrogen) atoms. The number of benzene rings is 1. The van der Waals surface area contributed by atoms with Gasteiger partial charge in [0.2, 0.25) is 0 Å². The maximum atomic E-state index is 5.41. The molecular formula is C24H30Cl2OSiZr. The average Bonchev–Trinajstić information content (AvgIpc) is 3.34. The van der Waals surface area contributed by atoms with Crippen molar-refractivity contribution in [2.45, 2.75) is 44.4 Å². The second-order valence-corrected chi connectivity index (χ2v) is 25.6. The molecule has 1 aromatic heterocycles. The van der Waals surface area contributed by atoms with Gasteiger partial charge in [-0.2, -0.15) is 0 Å². The minimum atomic E-state index is -1.89. The molecule has 154 valence electrons. The monoisotopic (exact) mass is 522 g/mol. The zero-order valence-electron chi connectivity index (χ0n) is 18.0. The van der Waals surface area contributed by atoms with Crippen molar-refractivity contribution < 1.29 is 24.8 Å². The van der Waals surface area contributed by atoms with Crippen LogP contribution < -0.4 is 0 Å². The average molecular weight is 525 g/mol. The van der Waals surface area contributed by atoms with Gasteiger partial charge in [-0.3, -0.25) is 0 Å². The van der Waals surface area contributed by atoms with Crippen molar-refractivity contribution in [3.05, 3.63) is 85.6 Å². The van der Waals surface area contributed by atoms with Crippen molar-refractivity contribution >= 4 is 35.8 Å². The van der Waals surface area contributed by atoms with Gasteiger partial charge in [-0.05, 0) is 0 Å². The minimum absolute atomic E-state index is 0. The molecule has 0 amide bonds. The van der Waals surface area contributed by atoms with E-state index >= 15 is 0 Å². The molecule has 2 aliphatic carbocycles. The van der Waals surface area contributed by atoms with Crippen LogP contribution in [-0.2, 0) is 20.4 Å². The van der Waals surface area contributed by atoms with Gasteiger partial charge in [0.05, 0.1) is 0 Å². The van der Waals surface area contributed by atoms with Crippen LogP contribution in [0.1, 0.15) is 48.0 Å². The first-order valence-corrected chi connectivity index (χ1v) is 18.6. The number of furan rings is 1. The van der Waals surface area contributed by atoms with Gasteiger partial charge in [-0.1, -0.05) is 0 Å². The Labute approximate surface area is 195 Å². The van der Waals surface area contributed by atoms with Crippen LogP contribution in [0.5, 0.6) is 0 Å². The second-order valence-electron chi connectivity index (χ2n) is 8.14. The maximum absolute atomic E-state index is 5.41. The van der Waals surface area contributed by atoms with E-state index in [-0.39, 0.29) is 30.2 Å². The van der Waals surface area contributed by atoms with Crippen LogP contribution in [0.25, 0.3) is 5.57 Å². The van der Waals surface area contributed by atoms with Gasteiger partial charge in [-0.15, -0.1) is 24.8 Å². The molecule has 4 rings (SSSR count). The van der Waals surface area contributed by atoms with Crippen molar-refractivity contribution in [3.8, 4) is 0 Å². The molecule has 2 aliphatic rings. The summed E-state index contributed by atoms with van der Waals surface area (Å²) >= 11 is -1.89. The Morgan fingerprint density at radius 1 is 0.966 bits per heavy atom. The molecule has 5 heteroatoms. The molecule has 0 bridgehead atoms. The van der Waals surface area contributed by atoms with Crippen LogP contribution in [0.4, 0.5) is 0 Å². The molecule has 2 aromatic rings. The van der Waals surface area contributed by atoms with Crippen molar-refractivity contribution in [2.24, 2.45) is 5.92 Å². The van der Waals surface area contributed by atoms with Crippen LogP contribution in [0.15, 0.2) is 73.4 Å². The summed E-state index contributed by atoms with van der Waals surface area (Å²) in [5.74, 6) is 0.651. The van der Waals surface area contributed by atoms with E-state index in [1.807, 2.05) is 9.54 Å². The molecule has 2 atom stereocenters. The molecule has 0 N–H and O–H groups in total. The molecule has 2 unspecified atom stereocenters. The Hall–Kier alpha value is -0.600. The van der Waals surface area contributed by atoms with E-state index < -0.39 is 20.4 Å². The Morgan fingerprint density at radius 3 is 2.21 bits per heavy atom. The van der Waals surface area contributed by atoms with Crippen LogP contribution in [-0.4, -0.2) is 5.43 Å². The molecule has 1 heterocycles. The largest absolute Gasteiger partial charge is 0.147 e. The summed E-state index contributed by atoms with van der Waals surface area (Å²) in [6, 6.07) is 11.2. The number of hydrogen-bond acceptors (Lipinski definition) is 1. The Balaban J connectivity index is 0.00000150. The summed E-state index contributed by atoms with van der Waals surface area (Å²) in [6.07, 6.45) is 6.30. The van der Waals surface area contributed by atoms with Gasteiger partial charge in [0.1, 0.15) is 0 Å². The molecule has 0 aliphatic heterocycles. The zero-order valence-corrected chi connectivity index (χ0v) is 23.1. The van der Waals surface area contributed by atoms with Crippen LogP contribution in [0.2, 0.25) is 13.1 Å². The van der Waals surface area contributed by atoms with Crippen molar-refractivity contribution in [1.29, 1.82) is 0 Å². The first-order valence-electron chi connectivity index (χ1n) is 9.81. The van der Waals surface area contributed by atoms with Crippen LogP contribution in [0, 0.1) is 5.92 Å². The van der Waals surface area contributed by atoms with E-state index in [4.69, 9.17) is 4.42 Å². The quantitative estimate of drug-likeness (QED) is 0.374. The molecule has 0 saturated carbocycles. The minimum Gasteiger partial charge on any atom is -0.147 e. The third kappa shape index (κ3) is 4.13. The Bertz CT molecular complexity index is 1040. The third-order valence-corrected chi connectivity index (χ3v) is 25.1. The predicted octanol–water partition coefficient (Wildman–Crippen LogP) is 7.74. The predicted molar refractivity (Wildman–Crippen MR) is 127 cm³/mol. The molecule has 1 aromatic carbocycles. The summed E-state index contributed by atoms with van der Waals surface area (Å²) < 4.78 is 7.95. The van der Waals surface area contributed by atoms with Crippen molar-refractivity contribution in [1.82, 2.24) is 0 Å². The first kappa shape index (κ1) is 24.7. The van der Waals surface area contributed by atoms with Crippen LogP contribution >= 0.6 is 24.8 Å². The molecular weight excluding hydrogens is 494 g/mol. The number of allylic oxidation sites excluding steroid dienone is 5. The van der Waals surface area contributed by atoms with E-state index in [2.05, 4.69) is 77.2 Å². The van der Waals surface area contributed by atoms with Crippen LogP contribution in [0.3, 0.4) is 0 Å². The normalized spacial score (nSPS) is 20.1. The SMILES string of the molecule is CC1=C(C)C(C)[C]([Zr]([CH]2C=C(c3ccoc3)c3ccccc32)=[Si](C)C)=C1C.Cl.Cl. The van der Waals surface area contributed by atoms with Gasteiger partial charge in [0.25, 0.3) is 0 Å². The summed E-state index contributed by atoms with van der Waals surface area (Å²) in [4.78, 5) is 0. The van der Waals surface area contributed by atoms with Gasteiger partial charge < -0.3 is 0 Å². The molecule has 0 spiro atoms. The maximum Gasteiger partial charge on any atom is -0.147 e. The van der Waals surface area contributed by atoms with Gasteiger partial charge in [0.15, 0.2) is 0 Å². The fraction of sp³-hybridized carbons (Fsp3) is 0.333. The third-order valence-electron chi connectivity index (χ3n) is 6.53. The summed E-state index contributed by atoms with van der Waals surface area (Å²) in [5.41, 5.74) is 10.1. The summed E-state index contributed by atoms with van der Waals surface area (Å²) in [7, 11) is 0. The summed E-state index contributed by atoms with van der Waals surface area (Å²) in [5, 5.41) is 0. The Kier molecular flexibility index (Phi) is 8.24. The van der Waals surface area contributed by atoms with E-state index in [1.165, 1.54) is 16.7 Å². The van der Waals surface area contributed by atoms with E-state index in [0.29, 0.717) is 9.54 Å².